The average Bonchev–Trinajstić information content (AvgIpc) is 2.27. The third-order valence-corrected chi connectivity index (χ3v) is 1.55. The van der Waals surface area contributed by atoms with Crippen molar-refractivity contribution in [2.24, 2.45) is 0 Å². The summed E-state index contributed by atoms with van der Waals surface area (Å²) in [6.45, 7) is 1.86. The molecule has 2 rings (SSSR count). The molecule has 0 spiro atoms. The summed E-state index contributed by atoms with van der Waals surface area (Å²) in [5.74, 6) is 0.816. The van der Waals surface area contributed by atoms with E-state index in [9.17, 15) is 0 Å². The van der Waals surface area contributed by atoms with Crippen LogP contribution in [0.1, 0.15) is 5.76 Å². The summed E-state index contributed by atoms with van der Waals surface area (Å²) < 4.78 is 5.21. The van der Waals surface area contributed by atoms with Crippen molar-refractivity contribution in [1.29, 1.82) is 0 Å². The van der Waals surface area contributed by atoms with Gasteiger partial charge in [0.25, 0.3) is 0 Å². The number of halogens is 1. The highest BCUT2D eigenvalue weighted by Crippen LogP contribution is 2.16. The first-order valence-corrected chi connectivity index (χ1v) is 3.52. The van der Waals surface area contributed by atoms with Crippen LogP contribution in [0, 0.1) is 6.92 Å². The quantitative estimate of drug-likeness (QED) is 0.566. The molecule has 0 bridgehead atoms. The molecule has 0 aromatic carbocycles. The van der Waals surface area contributed by atoms with Crippen molar-refractivity contribution in [1.82, 2.24) is 9.97 Å². The molecule has 3 nitrogen and oxygen atoms in total. The van der Waals surface area contributed by atoms with E-state index in [-0.39, 0.29) is 5.28 Å². The van der Waals surface area contributed by atoms with E-state index in [0.29, 0.717) is 5.71 Å². The minimum atomic E-state index is 0.215. The van der Waals surface area contributed by atoms with E-state index < -0.39 is 0 Å². The van der Waals surface area contributed by atoms with Gasteiger partial charge in [-0.3, -0.25) is 0 Å². The van der Waals surface area contributed by atoms with Crippen LogP contribution in [-0.4, -0.2) is 9.97 Å². The van der Waals surface area contributed by atoms with Crippen LogP contribution in [0.25, 0.3) is 11.1 Å². The van der Waals surface area contributed by atoms with Gasteiger partial charge in [0.15, 0.2) is 0 Å². The van der Waals surface area contributed by atoms with Crippen molar-refractivity contribution in [3.05, 3.63) is 23.3 Å². The lowest BCUT2D eigenvalue weighted by molar-refractivity contribution is 0.567. The lowest BCUT2D eigenvalue weighted by atomic mass is 10.4. The van der Waals surface area contributed by atoms with Gasteiger partial charge in [-0.25, -0.2) is 4.98 Å². The molecule has 0 unspecified atom stereocenters. The SMILES string of the molecule is Cc1cc2cnc(Cl)nc2o1. The summed E-state index contributed by atoms with van der Waals surface area (Å²) in [4.78, 5) is 7.70. The van der Waals surface area contributed by atoms with Crippen LogP contribution >= 0.6 is 11.6 Å². The summed E-state index contributed by atoms with van der Waals surface area (Å²) in [5.41, 5.74) is 0.544. The number of aromatic nitrogens is 2. The van der Waals surface area contributed by atoms with E-state index in [1.165, 1.54) is 0 Å². The van der Waals surface area contributed by atoms with Crippen molar-refractivity contribution in [3.63, 3.8) is 0 Å². The number of fused-ring (bicyclic) bond motifs is 1. The highest BCUT2D eigenvalue weighted by atomic mass is 35.5. The molecule has 0 amide bonds. The number of hydrogen-bond donors (Lipinski definition) is 0. The normalized spacial score (nSPS) is 10.7. The van der Waals surface area contributed by atoms with Crippen LogP contribution in [-0.2, 0) is 0 Å². The average molecular weight is 169 g/mol. The maximum atomic E-state index is 5.55. The zero-order chi connectivity index (χ0) is 7.84. The maximum absolute atomic E-state index is 5.55. The molecular formula is C7H5ClN2O. The number of rotatable bonds is 0. The Balaban J connectivity index is 2.82. The van der Waals surface area contributed by atoms with Crippen LogP contribution in [0.3, 0.4) is 0 Å². The summed E-state index contributed by atoms with van der Waals surface area (Å²) >= 11 is 5.55. The zero-order valence-electron chi connectivity index (χ0n) is 5.84. The van der Waals surface area contributed by atoms with Crippen molar-refractivity contribution >= 4 is 22.7 Å². The molecule has 0 N–H and O–H groups in total. The first-order valence-electron chi connectivity index (χ1n) is 3.14. The van der Waals surface area contributed by atoms with Gasteiger partial charge >= 0.3 is 0 Å². The Morgan fingerprint density at radius 1 is 1.55 bits per heavy atom. The summed E-state index contributed by atoms with van der Waals surface area (Å²) in [6, 6.07) is 1.87. The number of nitrogens with zero attached hydrogens (tertiary/aromatic N) is 2. The van der Waals surface area contributed by atoms with Crippen molar-refractivity contribution in [3.8, 4) is 0 Å². The monoisotopic (exact) mass is 168 g/mol. The van der Waals surface area contributed by atoms with E-state index in [2.05, 4.69) is 9.97 Å². The van der Waals surface area contributed by atoms with Gasteiger partial charge in [-0.05, 0) is 24.6 Å². The molecule has 2 aromatic heterocycles. The second-order valence-corrected chi connectivity index (χ2v) is 2.59. The summed E-state index contributed by atoms with van der Waals surface area (Å²) in [5, 5.41) is 1.10. The molecule has 0 saturated heterocycles. The Kier molecular flexibility index (Phi) is 1.32. The second kappa shape index (κ2) is 2.20. The Morgan fingerprint density at radius 2 is 2.36 bits per heavy atom. The molecule has 56 valence electrons. The number of aryl methyl sites for hydroxylation is 1. The van der Waals surface area contributed by atoms with Gasteiger partial charge in [0, 0.05) is 6.20 Å². The molecule has 4 heteroatoms. The van der Waals surface area contributed by atoms with E-state index in [1.54, 1.807) is 6.20 Å². The van der Waals surface area contributed by atoms with Gasteiger partial charge in [-0.1, -0.05) is 0 Å². The van der Waals surface area contributed by atoms with Crippen LogP contribution in [0.15, 0.2) is 16.7 Å². The van der Waals surface area contributed by atoms with E-state index in [0.717, 1.165) is 11.1 Å². The predicted octanol–water partition coefficient (Wildman–Crippen LogP) is 2.18. The number of furan rings is 1. The molecular weight excluding hydrogens is 164 g/mol. The Bertz CT molecular complexity index is 396. The minimum absolute atomic E-state index is 0.215. The fourth-order valence-electron chi connectivity index (χ4n) is 0.937. The molecule has 0 atom stereocenters. The van der Waals surface area contributed by atoms with Gasteiger partial charge < -0.3 is 4.42 Å². The van der Waals surface area contributed by atoms with Crippen molar-refractivity contribution in [2.75, 3.05) is 0 Å². The smallest absolute Gasteiger partial charge is 0.230 e. The lowest BCUT2D eigenvalue weighted by Gasteiger charge is -1.85. The fraction of sp³-hybridized carbons (Fsp3) is 0.143. The minimum Gasteiger partial charge on any atom is -0.443 e. The topological polar surface area (TPSA) is 38.9 Å². The molecule has 0 aliphatic rings. The van der Waals surface area contributed by atoms with Crippen LogP contribution in [0.4, 0.5) is 0 Å². The molecule has 0 aliphatic carbocycles. The van der Waals surface area contributed by atoms with E-state index in [1.807, 2.05) is 13.0 Å². The fourth-order valence-corrected chi connectivity index (χ4v) is 1.06. The van der Waals surface area contributed by atoms with Crippen LogP contribution in [0.2, 0.25) is 5.28 Å². The molecule has 2 heterocycles. The van der Waals surface area contributed by atoms with Crippen molar-refractivity contribution in [2.45, 2.75) is 6.92 Å². The summed E-state index contributed by atoms with van der Waals surface area (Å²) in [7, 11) is 0. The second-order valence-electron chi connectivity index (χ2n) is 2.26. The molecule has 0 fully saturated rings. The van der Waals surface area contributed by atoms with Crippen molar-refractivity contribution < 1.29 is 4.42 Å². The van der Waals surface area contributed by atoms with Gasteiger partial charge in [0.2, 0.25) is 11.0 Å². The summed E-state index contributed by atoms with van der Waals surface area (Å²) in [6.07, 6.45) is 1.64. The number of hydrogen-bond acceptors (Lipinski definition) is 3. The van der Waals surface area contributed by atoms with Gasteiger partial charge in [-0.15, -0.1) is 0 Å². The Labute approximate surface area is 68.0 Å². The first kappa shape index (κ1) is 6.61. The molecule has 0 radical (unpaired) electrons. The highest BCUT2D eigenvalue weighted by molar-refractivity contribution is 6.28. The Hall–Kier alpha value is -1.09. The first-order chi connectivity index (χ1) is 5.25. The third-order valence-electron chi connectivity index (χ3n) is 1.37. The van der Waals surface area contributed by atoms with E-state index in [4.69, 9.17) is 16.0 Å². The standard InChI is InChI=1S/C7H5ClN2O/c1-4-2-5-3-9-7(8)10-6(5)11-4/h2-3H,1H3. The van der Waals surface area contributed by atoms with Gasteiger partial charge in [0.05, 0.1) is 5.39 Å². The van der Waals surface area contributed by atoms with E-state index >= 15 is 0 Å². The maximum Gasteiger partial charge on any atom is 0.230 e. The third kappa shape index (κ3) is 1.07. The van der Waals surface area contributed by atoms with Gasteiger partial charge in [-0.2, -0.15) is 4.98 Å². The molecule has 0 aliphatic heterocycles. The molecule has 0 saturated carbocycles. The highest BCUT2D eigenvalue weighted by Gasteiger charge is 2.01. The molecule has 2 aromatic rings. The van der Waals surface area contributed by atoms with Crippen LogP contribution < -0.4 is 0 Å². The Morgan fingerprint density at radius 3 is 3.18 bits per heavy atom. The van der Waals surface area contributed by atoms with Gasteiger partial charge in [0.1, 0.15) is 5.76 Å². The van der Waals surface area contributed by atoms with Crippen LogP contribution in [0.5, 0.6) is 0 Å². The predicted molar refractivity (Wildman–Crippen MR) is 41.6 cm³/mol. The lowest BCUT2D eigenvalue weighted by Crippen LogP contribution is -1.78. The zero-order valence-corrected chi connectivity index (χ0v) is 6.59. The molecule has 11 heavy (non-hydrogen) atoms. The largest absolute Gasteiger partial charge is 0.443 e.